The summed E-state index contributed by atoms with van der Waals surface area (Å²) in [5.74, 6) is -0.224. The fourth-order valence-corrected chi connectivity index (χ4v) is 2.96. The highest BCUT2D eigenvalue weighted by Crippen LogP contribution is 2.21. The number of aromatic nitrogens is 3. The van der Waals surface area contributed by atoms with Gasteiger partial charge in [-0.25, -0.2) is 9.07 Å². The van der Waals surface area contributed by atoms with E-state index < -0.39 is 0 Å². The number of piperazine rings is 1. The van der Waals surface area contributed by atoms with E-state index in [1.54, 1.807) is 12.1 Å². The summed E-state index contributed by atoms with van der Waals surface area (Å²) >= 11 is 0. The molecule has 1 aliphatic rings. The Bertz CT molecular complexity index is 805. The Balaban J connectivity index is 1.60. The van der Waals surface area contributed by atoms with Gasteiger partial charge in [0.25, 0.3) is 0 Å². The second-order valence-corrected chi connectivity index (χ2v) is 5.78. The van der Waals surface area contributed by atoms with Crippen LogP contribution < -0.4 is 10.2 Å². The molecule has 3 aromatic rings. The van der Waals surface area contributed by atoms with Gasteiger partial charge in [-0.15, -0.1) is 5.10 Å². The molecule has 1 aromatic heterocycles. The van der Waals surface area contributed by atoms with Gasteiger partial charge in [0, 0.05) is 31.9 Å². The average Bonchev–Trinajstić information content (AvgIpc) is 3.00. The van der Waals surface area contributed by atoms with Crippen LogP contribution in [0, 0.1) is 5.82 Å². The van der Waals surface area contributed by atoms with E-state index in [9.17, 15) is 4.39 Å². The molecule has 118 valence electrons. The van der Waals surface area contributed by atoms with Crippen molar-refractivity contribution in [3.05, 3.63) is 53.8 Å². The summed E-state index contributed by atoms with van der Waals surface area (Å²) in [6, 6.07) is 12.8. The van der Waals surface area contributed by atoms with Crippen molar-refractivity contribution in [3.63, 3.8) is 0 Å². The molecule has 23 heavy (non-hydrogen) atoms. The smallest absolute Gasteiger partial charge is 0.123 e. The summed E-state index contributed by atoms with van der Waals surface area (Å²) < 4.78 is 14.8. The fourth-order valence-electron chi connectivity index (χ4n) is 2.96. The molecule has 0 amide bonds. The Hall–Kier alpha value is -2.47. The van der Waals surface area contributed by atoms with Crippen molar-refractivity contribution >= 4 is 16.7 Å². The normalized spacial score (nSPS) is 15.3. The maximum Gasteiger partial charge on any atom is 0.123 e. The molecule has 5 nitrogen and oxygen atoms in total. The highest BCUT2D eigenvalue weighted by molar-refractivity contribution is 5.79. The third-order valence-corrected chi connectivity index (χ3v) is 4.23. The zero-order valence-corrected chi connectivity index (χ0v) is 12.7. The van der Waals surface area contributed by atoms with Crippen LogP contribution in [-0.2, 0) is 6.54 Å². The van der Waals surface area contributed by atoms with Crippen LogP contribution in [0.3, 0.4) is 0 Å². The molecule has 2 heterocycles. The van der Waals surface area contributed by atoms with Gasteiger partial charge in [-0.1, -0.05) is 17.3 Å². The first-order chi connectivity index (χ1) is 11.3. The van der Waals surface area contributed by atoms with Gasteiger partial charge >= 0.3 is 0 Å². The maximum atomic E-state index is 13.0. The van der Waals surface area contributed by atoms with E-state index in [0.29, 0.717) is 6.54 Å². The number of benzene rings is 2. The molecular weight excluding hydrogens is 293 g/mol. The lowest BCUT2D eigenvalue weighted by atomic mass is 10.2. The molecular formula is C17H18FN5. The number of fused-ring (bicyclic) bond motifs is 1. The standard InChI is InChI=1S/C17H18FN5/c18-14-3-1-13(2-4-14)12-23-17-6-5-15(11-16(17)20-21-23)22-9-7-19-8-10-22/h1-6,11,19H,7-10,12H2. The van der Waals surface area contributed by atoms with Crippen molar-refractivity contribution < 1.29 is 4.39 Å². The van der Waals surface area contributed by atoms with Gasteiger partial charge in [-0.3, -0.25) is 0 Å². The zero-order valence-electron chi connectivity index (χ0n) is 12.7. The Morgan fingerprint density at radius 2 is 1.83 bits per heavy atom. The van der Waals surface area contributed by atoms with E-state index in [4.69, 9.17) is 0 Å². The van der Waals surface area contributed by atoms with Gasteiger partial charge in [0.1, 0.15) is 11.3 Å². The van der Waals surface area contributed by atoms with Crippen molar-refractivity contribution in [2.45, 2.75) is 6.54 Å². The molecule has 0 aliphatic carbocycles. The lowest BCUT2D eigenvalue weighted by Gasteiger charge is -2.29. The first-order valence-corrected chi connectivity index (χ1v) is 7.83. The van der Waals surface area contributed by atoms with Crippen molar-refractivity contribution in [3.8, 4) is 0 Å². The Morgan fingerprint density at radius 3 is 2.61 bits per heavy atom. The monoisotopic (exact) mass is 311 g/mol. The predicted octanol–water partition coefficient (Wildman–Crippen LogP) is 2.03. The van der Waals surface area contributed by atoms with Crippen LogP contribution in [0.25, 0.3) is 11.0 Å². The van der Waals surface area contributed by atoms with Crippen LogP contribution in [-0.4, -0.2) is 41.2 Å². The van der Waals surface area contributed by atoms with E-state index in [2.05, 4.69) is 38.7 Å². The van der Waals surface area contributed by atoms with Gasteiger partial charge in [-0.2, -0.15) is 0 Å². The topological polar surface area (TPSA) is 46.0 Å². The molecule has 1 saturated heterocycles. The molecule has 4 rings (SSSR count). The summed E-state index contributed by atoms with van der Waals surface area (Å²) in [5, 5.41) is 11.9. The Labute approximate surface area is 133 Å². The minimum absolute atomic E-state index is 0.224. The first-order valence-electron chi connectivity index (χ1n) is 7.83. The highest BCUT2D eigenvalue weighted by Gasteiger charge is 2.13. The molecule has 0 saturated carbocycles. The molecule has 6 heteroatoms. The molecule has 0 spiro atoms. The Kier molecular flexibility index (Phi) is 3.67. The third kappa shape index (κ3) is 2.90. The lowest BCUT2D eigenvalue weighted by Crippen LogP contribution is -2.43. The predicted molar refractivity (Wildman–Crippen MR) is 88.1 cm³/mol. The molecule has 0 bridgehead atoms. The summed E-state index contributed by atoms with van der Waals surface area (Å²) in [6.07, 6.45) is 0. The summed E-state index contributed by atoms with van der Waals surface area (Å²) in [5.41, 5.74) is 4.08. The Morgan fingerprint density at radius 1 is 1.04 bits per heavy atom. The number of hydrogen-bond donors (Lipinski definition) is 1. The first kappa shape index (κ1) is 14.1. The number of halogens is 1. The van der Waals surface area contributed by atoms with Crippen LogP contribution in [0.4, 0.5) is 10.1 Å². The van der Waals surface area contributed by atoms with Crippen molar-refractivity contribution in [1.82, 2.24) is 20.3 Å². The van der Waals surface area contributed by atoms with Crippen molar-refractivity contribution in [2.75, 3.05) is 31.1 Å². The van der Waals surface area contributed by atoms with E-state index in [0.717, 1.165) is 42.8 Å². The molecule has 2 aromatic carbocycles. The van der Waals surface area contributed by atoms with Crippen molar-refractivity contribution in [1.29, 1.82) is 0 Å². The quantitative estimate of drug-likeness (QED) is 0.804. The average molecular weight is 311 g/mol. The number of rotatable bonds is 3. The van der Waals surface area contributed by atoms with Gasteiger partial charge < -0.3 is 10.2 Å². The SMILES string of the molecule is Fc1ccc(Cn2nnc3cc(N4CCNCC4)ccc32)cc1. The van der Waals surface area contributed by atoms with Crippen LogP contribution in [0.2, 0.25) is 0 Å². The van der Waals surface area contributed by atoms with E-state index in [-0.39, 0.29) is 5.82 Å². The van der Waals surface area contributed by atoms with E-state index >= 15 is 0 Å². The summed E-state index contributed by atoms with van der Waals surface area (Å²) in [7, 11) is 0. The molecule has 1 fully saturated rings. The van der Waals surface area contributed by atoms with Crippen LogP contribution in [0.15, 0.2) is 42.5 Å². The molecule has 0 unspecified atom stereocenters. The van der Waals surface area contributed by atoms with Gasteiger partial charge in [0.05, 0.1) is 12.1 Å². The minimum atomic E-state index is -0.224. The third-order valence-electron chi connectivity index (χ3n) is 4.23. The van der Waals surface area contributed by atoms with Crippen LogP contribution in [0.1, 0.15) is 5.56 Å². The van der Waals surface area contributed by atoms with E-state index in [1.807, 2.05) is 4.68 Å². The van der Waals surface area contributed by atoms with Crippen LogP contribution in [0.5, 0.6) is 0 Å². The number of nitrogens with one attached hydrogen (secondary N) is 1. The molecule has 1 N–H and O–H groups in total. The van der Waals surface area contributed by atoms with Gasteiger partial charge in [-0.05, 0) is 35.9 Å². The number of hydrogen-bond acceptors (Lipinski definition) is 4. The van der Waals surface area contributed by atoms with Crippen molar-refractivity contribution in [2.24, 2.45) is 0 Å². The molecule has 0 atom stereocenters. The fraction of sp³-hybridized carbons (Fsp3) is 0.294. The number of anilines is 1. The maximum absolute atomic E-state index is 13.0. The summed E-state index contributed by atoms with van der Waals surface area (Å²) in [4.78, 5) is 2.36. The largest absolute Gasteiger partial charge is 0.369 e. The molecule has 1 aliphatic heterocycles. The van der Waals surface area contributed by atoms with Crippen LogP contribution >= 0.6 is 0 Å². The number of nitrogens with zero attached hydrogens (tertiary/aromatic N) is 4. The highest BCUT2D eigenvalue weighted by atomic mass is 19.1. The second-order valence-electron chi connectivity index (χ2n) is 5.78. The second kappa shape index (κ2) is 5.96. The van der Waals surface area contributed by atoms with Gasteiger partial charge in [0.15, 0.2) is 0 Å². The molecule has 0 radical (unpaired) electrons. The lowest BCUT2D eigenvalue weighted by molar-refractivity contribution is 0.589. The summed E-state index contributed by atoms with van der Waals surface area (Å²) in [6.45, 7) is 4.62. The van der Waals surface area contributed by atoms with Gasteiger partial charge in [0.2, 0.25) is 0 Å². The minimum Gasteiger partial charge on any atom is -0.369 e. The zero-order chi connectivity index (χ0) is 15.6. The van der Waals surface area contributed by atoms with E-state index in [1.165, 1.54) is 17.8 Å².